The lowest BCUT2D eigenvalue weighted by molar-refractivity contribution is -0.143. The zero-order valence-corrected chi connectivity index (χ0v) is 24.9. The Bertz CT molecular complexity index is 1480. The molecule has 3 saturated heterocycles. The number of rotatable bonds is 8. The molecule has 0 spiro atoms. The highest BCUT2D eigenvalue weighted by Gasteiger charge is 2.42. The lowest BCUT2D eigenvalue weighted by Crippen LogP contribution is -2.58. The normalized spacial score (nSPS) is 23.4. The average Bonchev–Trinajstić information content (AvgIpc) is 3.33. The number of hydrogen-bond acceptors (Lipinski definition) is 6. The quantitative estimate of drug-likeness (QED) is 0.365. The molecule has 9 nitrogen and oxygen atoms in total. The number of unbranched alkanes of at least 4 members (excludes halogenated alkanes) is 1. The Kier molecular flexibility index (Phi) is 8.25. The summed E-state index contributed by atoms with van der Waals surface area (Å²) < 4.78 is 0. The Hall–Kier alpha value is -3.74. The zero-order valence-electron chi connectivity index (χ0n) is 24.2. The van der Waals surface area contributed by atoms with Crippen LogP contribution in [0.5, 0.6) is 0 Å². The predicted molar refractivity (Wildman–Crippen MR) is 160 cm³/mol. The standard InChI is InChI=1S/C33H36ClN5O4/c34-24-9-7-23(8-10-24)33(21-35)14-18-38(19-15-33)32(43)28-13-17-37(28)16-2-1-4-22-5-3-6-25-26(22)20-39(31(25)42)27-11-12-29(40)36-30(27)41/h3,5-10,27-28H,1-2,4,11-20H2,(H,36,40,41). The molecule has 6 rings (SSSR count). The van der Waals surface area contributed by atoms with Crippen molar-refractivity contribution in [2.45, 2.75) is 75.4 Å². The first-order chi connectivity index (χ1) is 20.8. The molecular formula is C33H36ClN5O4. The molecule has 1 N–H and O–H groups in total. The van der Waals surface area contributed by atoms with Gasteiger partial charge in [-0.15, -0.1) is 0 Å². The highest BCUT2D eigenvalue weighted by molar-refractivity contribution is 6.30. The van der Waals surface area contributed by atoms with E-state index in [1.165, 1.54) is 0 Å². The molecule has 0 aliphatic carbocycles. The van der Waals surface area contributed by atoms with E-state index in [2.05, 4.69) is 22.4 Å². The zero-order chi connectivity index (χ0) is 30.1. The number of carbonyl (C=O) groups is 4. The number of carbonyl (C=O) groups excluding carboxylic acids is 4. The molecule has 2 aromatic carbocycles. The number of fused-ring (bicyclic) bond motifs is 1. The fourth-order valence-electron chi connectivity index (χ4n) is 7.06. The molecule has 0 aromatic heterocycles. The molecule has 0 radical (unpaired) electrons. The highest BCUT2D eigenvalue weighted by atomic mass is 35.5. The molecule has 2 unspecified atom stereocenters. The smallest absolute Gasteiger partial charge is 0.255 e. The van der Waals surface area contributed by atoms with E-state index in [0.717, 1.165) is 55.5 Å². The molecule has 2 aromatic rings. The summed E-state index contributed by atoms with van der Waals surface area (Å²) in [6.45, 7) is 3.29. The minimum Gasteiger partial charge on any atom is -0.341 e. The number of nitriles is 1. The van der Waals surface area contributed by atoms with Crippen LogP contribution in [0.4, 0.5) is 0 Å². The number of imide groups is 1. The number of likely N-dealkylation sites (tertiary alicyclic amines) is 2. The third-order valence-corrected chi connectivity index (χ3v) is 10.0. The first kappa shape index (κ1) is 29.3. The van der Waals surface area contributed by atoms with Crippen molar-refractivity contribution < 1.29 is 19.2 Å². The summed E-state index contributed by atoms with van der Waals surface area (Å²) >= 11 is 6.04. The van der Waals surface area contributed by atoms with E-state index in [-0.39, 0.29) is 30.2 Å². The van der Waals surface area contributed by atoms with Crippen molar-refractivity contribution in [3.8, 4) is 6.07 Å². The second kappa shape index (κ2) is 12.1. The molecule has 2 atom stereocenters. The third kappa shape index (κ3) is 5.66. The summed E-state index contributed by atoms with van der Waals surface area (Å²) in [5.74, 6) is -0.663. The summed E-state index contributed by atoms with van der Waals surface area (Å²) in [5, 5.41) is 13.0. The van der Waals surface area contributed by atoms with Crippen LogP contribution in [-0.4, -0.2) is 76.6 Å². The Morgan fingerprint density at radius 1 is 1.02 bits per heavy atom. The van der Waals surface area contributed by atoms with Crippen molar-refractivity contribution in [2.75, 3.05) is 26.2 Å². The number of benzene rings is 2. The van der Waals surface area contributed by atoms with Crippen LogP contribution in [0.3, 0.4) is 0 Å². The van der Waals surface area contributed by atoms with E-state index in [0.29, 0.717) is 49.5 Å². The number of hydrogen-bond donors (Lipinski definition) is 1. The van der Waals surface area contributed by atoms with Crippen molar-refractivity contribution in [3.05, 3.63) is 69.7 Å². The monoisotopic (exact) mass is 601 g/mol. The molecule has 4 aliphatic rings. The molecule has 3 fully saturated rings. The molecule has 0 saturated carbocycles. The van der Waals surface area contributed by atoms with Crippen LogP contribution in [0.25, 0.3) is 0 Å². The fraction of sp³-hybridized carbons (Fsp3) is 0.485. The second-order valence-corrected chi connectivity index (χ2v) is 12.6. The molecule has 4 aliphatic heterocycles. The second-order valence-electron chi connectivity index (χ2n) is 12.2. The molecule has 4 heterocycles. The molecule has 0 bridgehead atoms. The van der Waals surface area contributed by atoms with Gasteiger partial charge in [-0.05, 0) is 86.4 Å². The van der Waals surface area contributed by atoms with Crippen molar-refractivity contribution in [2.24, 2.45) is 0 Å². The lowest BCUT2D eigenvalue weighted by atomic mass is 9.74. The third-order valence-electron chi connectivity index (χ3n) is 9.78. The summed E-state index contributed by atoms with van der Waals surface area (Å²) in [7, 11) is 0. The number of halogens is 1. The Labute approximate surface area is 256 Å². The highest BCUT2D eigenvalue weighted by Crippen LogP contribution is 2.36. The maximum atomic E-state index is 13.4. The minimum absolute atomic E-state index is 0.0919. The van der Waals surface area contributed by atoms with E-state index in [9.17, 15) is 24.4 Å². The van der Waals surface area contributed by atoms with E-state index in [4.69, 9.17) is 11.6 Å². The first-order valence-electron chi connectivity index (χ1n) is 15.3. The number of amides is 4. The largest absolute Gasteiger partial charge is 0.341 e. The van der Waals surface area contributed by atoms with Crippen molar-refractivity contribution in [1.29, 1.82) is 5.26 Å². The Morgan fingerprint density at radius 2 is 1.79 bits per heavy atom. The van der Waals surface area contributed by atoms with Gasteiger partial charge in [-0.25, -0.2) is 0 Å². The van der Waals surface area contributed by atoms with E-state index >= 15 is 0 Å². The Morgan fingerprint density at radius 3 is 2.47 bits per heavy atom. The lowest BCUT2D eigenvalue weighted by Gasteiger charge is -2.45. The average molecular weight is 602 g/mol. The predicted octanol–water partition coefficient (Wildman–Crippen LogP) is 3.58. The van der Waals surface area contributed by atoms with Gasteiger partial charge in [0.25, 0.3) is 5.91 Å². The summed E-state index contributed by atoms with van der Waals surface area (Å²) in [6, 6.07) is 15.1. The van der Waals surface area contributed by atoms with Gasteiger partial charge >= 0.3 is 0 Å². The molecule has 224 valence electrons. The molecule has 43 heavy (non-hydrogen) atoms. The van der Waals surface area contributed by atoms with Crippen molar-refractivity contribution in [3.63, 3.8) is 0 Å². The van der Waals surface area contributed by atoms with Gasteiger partial charge < -0.3 is 9.80 Å². The van der Waals surface area contributed by atoms with Gasteiger partial charge in [0, 0.05) is 43.2 Å². The maximum Gasteiger partial charge on any atom is 0.255 e. The summed E-state index contributed by atoms with van der Waals surface area (Å²) in [6.07, 6.45) is 5.38. The minimum atomic E-state index is -0.611. The summed E-state index contributed by atoms with van der Waals surface area (Å²) in [4.78, 5) is 56.2. The molecule has 10 heteroatoms. The first-order valence-corrected chi connectivity index (χ1v) is 15.6. The van der Waals surface area contributed by atoms with E-state index in [1.54, 1.807) is 4.90 Å². The topological polar surface area (TPSA) is 114 Å². The SMILES string of the molecule is N#CC1(c2ccc(Cl)cc2)CCN(C(=O)C2CCN2CCCCc2cccc3c2CN(C2CCC(=O)NC2=O)C3=O)CC1. The van der Waals surface area contributed by atoms with E-state index < -0.39 is 17.4 Å². The van der Waals surface area contributed by atoms with Crippen LogP contribution < -0.4 is 5.32 Å². The van der Waals surface area contributed by atoms with Crippen LogP contribution >= 0.6 is 11.6 Å². The van der Waals surface area contributed by atoms with Crippen LogP contribution in [0.2, 0.25) is 5.02 Å². The van der Waals surface area contributed by atoms with Gasteiger partial charge in [-0.3, -0.25) is 29.4 Å². The van der Waals surface area contributed by atoms with E-state index in [1.807, 2.05) is 41.3 Å². The maximum absolute atomic E-state index is 13.4. The number of piperidine rings is 2. The number of aryl methyl sites for hydroxylation is 1. The Balaban J connectivity index is 0.986. The van der Waals surface area contributed by atoms with Gasteiger partial charge in [-0.2, -0.15) is 5.26 Å². The summed E-state index contributed by atoms with van der Waals surface area (Å²) in [5.41, 5.74) is 3.13. The number of nitrogens with one attached hydrogen (secondary N) is 1. The van der Waals surface area contributed by atoms with Crippen LogP contribution in [0, 0.1) is 11.3 Å². The van der Waals surface area contributed by atoms with Crippen molar-refractivity contribution in [1.82, 2.24) is 20.0 Å². The fourth-order valence-corrected chi connectivity index (χ4v) is 7.18. The molecule has 4 amide bonds. The van der Waals surface area contributed by atoms with Gasteiger partial charge in [-0.1, -0.05) is 35.9 Å². The van der Waals surface area contributed by atoms with Gasteiger partial charge in [0.1, 0.15) is 6.04 Å². The van der Waals surface area contributed by atoms with Crippen molar-refractivity contribution >= 4 is 35.2 Å². The van der Waals surface area contributed by atoms with Crippen LogP contribution in [0.15, 0.2) is 42.5 Å². The molecular weight excluding hydrogens is 566 g/mol. The van der Waals surface area contributed by atoms with Crippen LogP contribution in [-0.2, 0) is 32.8 Å². The van der Waals surface area contributed by atoms with Gasteiger partial charge in [0.05, 0.1) is 17.5 Å². The number of nitrogens with zero attached hydrogens (tertiary/aromatic N) is 4. The van der Waals surface area contributed by atoms with Gasteiger partial charge in [0.15, 0.2) is 0 Å². The van der Waals surface area contributed by atoms with Gasteiger partial charge in [0.2, 0.25) is 17.7 Å². The van der Waals surface area contributed by atoms with Crippen LogP contribution in [0.1, 0.15) is 72.0 Å².